The molecule has 7 unspecified atom stereocenters. The van der Waals surface area contributed by atoms with E-state index < -0.39 is 5.54 Å². The van der Waals surface area contributed by atoms with Gasteiger partial charge in [-0.1, -0.05) is 12.1 Å². The molecule has 3 saturated heterocycles. The number of benzene rings is 1. The number of aliphatic hydroxyl groups excluding tert-OH is 1. The van der Waals surface area contributed by atoms with Crippen LogP contribution in [0.2, 0.25) is 0 Å². The van der Waals surface area contributed by atoms with Gasteiger partial charge in [-0.2, -0.15) is 0 Å². The topological polar surface area (TPSA) is 52.6 Å². The molecule has 1 aliphatic carbocycles. The zero-order valence-corrected chi connectivity index (χ0v) is 13.5. The van der Waals surface area contributed by atoms with Crippen LogP contribution in [0.1, 0.15) is 36.5 Å². The Labute approximate surface area is 136 Å². The summed E-state index contributed by atoms with van der Waals surface area (Å²) < 4.78 is 0. The number of rotatable bonds is 1. The summed E-state index contributed by atoms with van der Waals surface area (Å²) in [6.07, 6.45) is 2.84. The highest BCUT2D eigenvalue weighted by atomic mass is 16.3. The summed E-state index contributed by atoms with van der Waals surface area (Å²) in [7, 11) is 0. The highest BCUT2D eigenvalue weighted by Crippen LogP contribution is 2.54. The van der Waals surface area contributed by atoms with Crippen LogP contribution in [0.3, 0.4) is 0 Å². The first-order valence-corrected chi connectivity index (χ1v) is 8.94. The average Bonchev–Trinajstić information content (AvgIpc) is 2.85. The summed E-state index contributed by atoms with van der Waals surface area (Å²) in [6, 6.07) is 8.29. The molecule has 0 aromatic heterocycles. The number of carbonyl (C=O) groups is 1. The van der Waals surface area contributed by atoms with E-state index in [1.165, 1.54) is 0 Å². The Morgan fingerprint density at radius 2 is 2.17 bits per heavy atom. The van der Waals surface area contributed by atoms with Gasteiger partial charge in [0.15, 0.2) is 5.78 Å². The lowest BCUT2D eigenvalue weighted by atomic mass is 9.56. The van der Waals surface area contributed by atoms with Crippen LogP contribution in [-0.4, -0.2) is 46.6 Å². The fraction of sp³-hybridized carbons (Fsp3) is 0.632. The number of carbonyl (C=O) groups excluding carboxylic acids is 1. The molecule has 4 bridgehead atoms. The maximum Gasteiger partial charge on any atom is 0.190 e. The largest absolute Gasteiger partial charge is 0.393 e. The molecule has 6 rings (SSSR count). The Balaban J connectivity index is 1.58. The van der Waals surface area contributed by atoms with Gasteiger partial charge < -0.3 is 10.4 Å². The minimum Gasteiger partial charge on any atom is -0.393 e. The molecule has 1 saturated carbocycles. The van der Waals surface area contributed by atoms with Gasteiger partial charge in [-0.3, -0.25) is 9.69 Å². The first-order chi connectivity index (χ1) is 11.1. The van der Waals surface area contributed by atoms with Crippen LogP contribution in [0.4, 0.5) is 5.69 Å². The maximum atomic E-state index is 13.3. The number of hydrogen-bond donors (Lipinski definition) is 2. The number of nitrogens with one attached hydrogen (secondary N) is 1. The third-order valence-corrected chi connectivity index (χ3v) is 6.94. The van der Waals surface area contributed by atoms with Gasteiger partial charge in [-0.15, -0.1) is 0 Å². The van der Waals surface area contributed by atoms with Gasteiger partial charge in [0, 0.05) is 42.2 Å². The van der Waals surface area contributed by atoms with Crippen molar-refractivity contribution in [2.45, 2.75) is 43.9 Å². The number of para-hydroxylation sites is 1. The van der Waals surface area contributed by atoms with Crippen molar-refractivity contribution in [3.8, 4) is 0 Å². The summed E-state index contributed by atoms with van der Waals surface area (Å²) in [5.41, 5.74) is 1.42. The zero-order valence-electron chi connectivity index (χ0n) is 13.5. The number of aliphatic hydroxyl groups is 1. The van der Waals surface area contributed by atoms with Crippen LogP contribution in [0, 0.1) is 17.8 Å². The fourth-order valence-electron chi connectivity index (χ4n) is 6.03. The number of piperidine rings is 3. The Bertz CT molecular complexity index is 673. The van der Waals surface area contributed by atoms with Crippen LogP contribution < -0.4 is 5.32 Å². The highest BCUT2D eigenvalue weighted by Gasteiger charge is 2.62. The van der Waals surface area contributed by atoms with Gasteiger partial charge in [-0.25, -0.2) is 0 Å². The second-order valence-corrected chi connectivity index (χ2v) is 8.05. The van der Waals surface area contributed by atoms with Crippen LogP contribution in [0.15, 0.2) is 24.3 Å². The van der Waals surface area contributed by atoms with Gasteiger partial charge in [0.05, 0.1) is 6.10 Å². The first-order valence-electron chi connectivity index (χ1n) is 8.94. The van der Waals surface area contributed by atoms with E-state index in [0.717, 1.165) is 43.6 Å². The minimum absolute atomic E-state index is 0.287. The second-order valence-electron chi connectivity index (χ2n) is 8.05. The third-order valence-electron chi connectivity index (χ3n) is 6.94. The molecule has 1 aromatic carbocycles. The Morgan fingerprint density at radius 1 is 1.35 bits per heavy atom. The molecule has 0 amide bonds. The van der Waals surface area contributed by atoms with E-state index in [0.29, 0.717) is 23.8 Å². The predicted molar refractivity (Wildman–Crippen MR) is 88.5 cm³/mol. The van der Waals surface area contributed by atoms with Crippen LogP contribution in [0.25, 0.3) is 0 Å². The SMILES string of the molecule is CC(O)C1CC2CC3C1N(CCC31Nc3ccccc3C1=O)C2. The van der Waals surface area contributed by atoms with Crippen molar-refractivity contribution in [3.63, 3.8) is 0 Å². The Morgan fingerprint density at radius 3 is 2.96 bits per heavy atom. The molecular formula is C19H24N2O2. The molecule has 4 heterocycles. The van der Waals surface area contributed by atoms with Gasteiger partial charge in [0.2, 0.25) is 0 Å². The van der Waals surface area contributed by atoms with Gasteiger partial charge in [-0.05, 0) is 44.2 Å². The van der Waals surface area contributed by atoms with Crippen molar-refractivity contribution < 1.29 is 9.90 Å². The lowest BCUT2D eigenvalue weighted by Crippen LogP contribution is -2.71. The number of anilines is 1. The first kappa shape index (κ1) is 14.0. The normalized spacial score (nSPS) is 45.0. The van der Waals surface area contributed by atoms with E-state index >= 15 is 0 Å². The number of nitrogens with zero attached hydrogens (tertiary/aromatic N) is 1. The lowest BCUT2D eigenvalue weighted by Gasteiger charge is -2.62. The number of Topliss-reactive ketones (excluding diaryl/α,β-unsaturated/α-hetero) is 1. The molecule has 4 nitrogen and oxygen atoms in total. The number of fused-ring (bicyclic) bond motifs is 2. The fourth-order valence-corrected chi connectivity index (χ4v) is 6.03. The van der Waals surface area contributed by atoms with Crippen molar-refractivity contribution in [1.29, 1.82) is 0 Å². The lowest BCUT2D eigenvalue weighted by molar-refractivity contribution is -0.116. The molecule has 1 aromatic rings. The smallest absolute Gasteiger partial charge is 0.190 e. The molecule has 7 atom stereocenters. The van der Waals surface area contributed by atoms with Gasteiger partial charge >= 0.3 is 0 Å². The molecule has 4 heteroatoms. The van der Waals surface area contributed by atoms with Gasteiger partial charge in [0.1, 0.15) is 5.54 Å². The quantitative estimate of drug-likeness (QED) is 0.834. The summed E-state index contributed by atoms with van der Waals surface area (Å²) in [5.74, 6) is 1.54. The number of hydrogen-bond acceptors (Lipinski definition) is 4. The van der Waals surface area contributed by atoms with Gasteiger partial charge in [0.25, 0.3) is 0 Å². The van der Waals surface area contributed by atoms with Crippen molar-refractivity contribution >= 4 is 11.5 Å². The summed E-state index contributed by atoms with van der Waals surface area (Å²) in [6.45, 7) is 4.04. The Kier molecular flexibility index (Phi) is 2.79. The van der Waals surface area contributed by atoms with E-state index in [9.17, 15) is 9.90 Å². The standard InChI is InChI=1S/C19H24N2O2/c1-11(22)14-8-12-9-15-17(14)21(10-12)7-6-19(15)18(23)13-4-2-3-5-16(13)20-19/h2-5,11-12,14-15,17,20,22H,6-10H2,1H3. The molecule has 0 radical (unpaired) electrons. The predicted octanol–water partition coefficient (Wildman–Crippen LogP) is 2.14. The summed E-state index contributed by atoms with van der Waals surface area (Å²) in [4.78, 5) is 15.8. The molecule has 4 aliphatic heterocycles. The molecular weight excluding hydrogens is 288 g/mol. The van der Waals surface area contributed by atoms with E-state index in [4.69, 9.17) is 0 Å². The van der Waals surface area contributed by atoms with Crippen molar-refractivity contribution in [2.24, 2.45) is 17.8 Å². The average molecular weight is 312 g/mol. The monoisotopic (exact) mass is 312 g/mol. The molecule has 4 fully saturated rings. The van der Waals surface area contributed by atoms with Crippen molar-refractivity contribution in [3.05, 3.63) is 29.8 Å². The van der Waals surface area contributed by atoms with E-state index in [1.54, 1.807) is 0 Å². The highest BCUT2D eigenvalue weighted by molar-refractivity contribution is 6.13. The zero-order chi connectivity index (χ0) is 15.8. The summed E-state index contributed by atoms with van der Waals surface area (Å²) >= 11 is 0. The molecule has 2 N–H and O–H groups in total. The Hall–Kier alpha value is -1.39. The molecule has 122 valence electrons. The van der Waals surface area contributed by atoms with Crippen LogP contribution in [0.5, 0.6) is 0 Å². The second kappa shape index (κ2) is 4.58. The third kappa shape index (κ3) is 1.71. The van der Waals surface area contributed by atoms with Crippen LogP contribution >= 0.6 is 0 Å². The van der Waals surface area contributed by atoms with Crippen LogP contribution in [-0.2, 0) is 0 Å². The van der Waals surface area contributed by atoms with E-state index in [-0.39, 0.29) is 11.9 Å². The molecule has 23 heavy (non-hydrogen) atoms. The van der Waals surface area contributed by atoms with E-state index in [1.807, 2.05) is 31.2 Å². The van der Waals surface area contributed by atoms with E-state index in [2.05, 4.69) is 10.2 Å². The minimum atomic E-state index is -0.433. The van der Waals surface area contributed by atoms with Crippen molar-refractivity contribution in [2.75, 3.05) is 18.4 Å². The number of ketones is 1. The molecule has 5 aliphatic rings. The van der Waals surface area contributed by atoms with Crippen molar-refractivity contribution in [1.82, 2.24) is 4.90 Å². The maximum absolute atomic E-state index is 13.3. The summed E-state index contributed by atoms with van der Waals surface area (Å²) in [5, 5.41) is 13.9. The molecule has 1 spiro atoms.